The molecule has 1 atom stereocenters. The maximum absolute atomic E-state index is 12.8. The Morgan fingerprint density at radius 1 is 1.33 bits per heavy atom. The van der Waals surface area contributed by atoms with Crippen LogP contribution in [0.1, 0.15) is 10.4 Å². The average molecular weight is 419 g/mol. The predicted octanol–water partition coefficient (Wildman–Crippen LogP) is 1.71. The number of halogens is 2. The van der Waals surface area contributed by atoms with Crippen molar-refractivity contribution in [2.45, 2.75) is 6.04 Å². The Morgan fingerprint density at radius 2 is 2.05 bits per heavy atom. The lowest BCUT2D eigenvalue weighted by Gasteiger charge is -2.36. The van der Waals surface area contributed by atoms with Crippen LogP contribution in [0.2, 0.25) is 0 Å². The highest BCUT2D eigenvalue weighted by Gasteiger charge is 2.34. The molecule has 0 saturated carbocycles. The summed E-state index contributed by atoms with van der Waals surface area (Å²) in [4.78, 5) is 28.2. The van der Waals surface area contributed by atoms with Gasteiger partial charge in [-0.25, -0.2) is 0 Å². The van der Waals surface area contributed by atoms with E-state index in [9.17, 15) is 9.59 Å². The monoisotopic (exact) mass is 417 g/mol. The number of likely N-dealkylation sites (N-methyl/N-ethyl adjacent to an activating group) is 1. The Morgan fingerprint density at radius 3 is 2.67 bits per heavy atom. The third kappa shape index (κ3) is 3.64. The summed E-state index contributed by atoms with van der Waals surface area (Å²) in [5.74, 6) is -0.195. The molecule has 1 aromatic carbocycles. The summed E-state index contributed by atoms with van der Waals surface area (Å²) < 4.78 is 1.61. The third-order valence-corrected chi connectivity index (χ3v) is 4.54. The van der Waals surface area contributed by atoms with Gasteiger partial charge in [-0.15, -0.1) is 0 Å². The van der Waals surface area contributed by atoms with E-state index < -0.39 is 6.04 Å². The fourth-order valence-corrected chi connectivity index (χ4v) is 3.50. The molecule has 7 heteroatoms. The van der Waals surface area contributed by atoms with Gasteiger partial charge in [0.1, 0.15) is 6.04 Å². The Bertz CT molecular complexity index is 563. The molecular formula is C14H17Br2N3O2. The Kier molecular flexibility index (Phi) is 5.40. The van der Waals surface area contributed by atoms with E-state index in [1.165, 1.54) is 4.90 Å². The van der Waals surface area contributed by atoms with Crippen LogP contribution < -0.4 is 5.32 Å². The number of nitrogens with one attached hydrogen (secondary N) is 1. The molecule has 2 rings (SSSR count). The maximum atomic E-state index is 12.8. The van der Waals surface area contributed by atoms with Gasteiger partial charge in [0.25, 0.3) is 5.91 Å². The number of benzene rings is 1. The van der Waals surface area contributed by atoms with Crippen molar-refractivity contribution in [2.24, 2.45) is 0 Å². The van der Waals surface area contributed by atoms with Gasteiger partial charge in [0.15, 0.2) is 0 Å². The van der Waals surface area contributed by atoms with Gasteiger partial charge in [-0.2, -0.15) is 0 Å². The van der Waals surface area contributed by atoms with Gasteiger partial charge in [0, 0.05) is 42.7 Å². The first-order valence-corrected chi connectivity index (χ1v) is 8.18. The first-order valence-electron chi connectivity index (χ1n) is 6.59. The van der Waals surface area contributed by atoms with Crippen molar-refractivity contribution in [3.8, 4) is 0 Å². The van der Waals surface area contributed by atoms with Gasteiger partial charge in [-0.3, -0.25) is 9.59 Å². The van der Waals surface area contributed by atoms with Crippen LogP contribution in [-0.2, 0) is 4.79 Å². The number of carbonyl (C=O) groups is 2. The minimum Gasteiger partial charge on any atom is -0.347 e. The van der Waals surface area contributed by atoms with Crippen LogP contribution in [0.3, 0.4) is 0 Å². The van der Waals surface area contributed by atoms with E-state index in [0.29, 0.717) is 25.2 Å². The van der Waals surface area contributed by atoms with Crippen molar-refractivity contribution in [1.29, 1.82) is 0 Å². The van der Waals surface area contributed by atoms with Crippen LogP contribution in [0, 0.1) is 0 Å². The zero-order valence-corrected chi connectivity index (χ0v) is 15.1. The van der Waals surface area contributed by atoms with E-state index >= 15 is 0 Å². The van der Waals surface area contributed by atoms with Crippen molar-refractivity contribution in [3.63, 3.8) is 0 Å². The second-order valence-corrected chi connectivity index (χ2v) is 6.85. The van der Waals surface area contributed by atoms with Crippen LogP contribution in [0.25, 0.3) is 0 Å². The highest BCUT2D eigenvalue weighted by Crippen LogP contribution is 2.24. The van der Waals surface area contributed by atoms with Crippen LogP contribution in [0.4, 0.5) is 0 Å². The summed E-state index contributed by atoms with van der Waals surface area (Å²) >= 11 is 6.78. The van der Waals surface area contributed by atoms with E-state index in [0.717, 1.165) is 8.95 Å². The van der Waals surface area contributed by atoms with E-state index in [2.05, 4.69) is 37.2 Å². The van der Waals surface area contributed by atoms with Crippen molar-refractivity contribution in [1.82, 2.24) is 15.1 Å². The third-order valence-electron chi connectivity index (χ3n) is 3.39. The molecule has 1 saturated heterocycles. The lowest BCUT2D eigenvalue weighted by atomic mass is 10.1. The highest BCUT2D eigenvalue weighted by atomic mass is 79.9. The molecule has 1 heterocycles. The first kappa shape index (κ1) is 16.5. The molecule has 1 N–H and O–H groups in total. The van der Waals surface area contributed by atoms with E-state index in [1.54, 1.807) is 25.1 Å². The van der Waals surface area contributed by atoms with Gasteiger partial charge in [0.2, 0.25) is 5.91 Å². The van der Waals surface area contributed by atoms with Gasteiger partial charge >= 0.3 is 0 Å². The van der Waals surface area contributed by atoms with Crippen LogP contribution >= 0.6 is 31.9 Å². The minimum absolute atomic E-state index is 0.0659. The summed E-state index contributed by atoms with van der Waals surface area (Å²) in [5, 5.41) is 3.17. The van der Waals surface area contributed by atoms with Crippen molar-refractivity contribution >= 4 is 43.7 Å². The number of amides is 2. The minimum atomic E-state index is -0.461. The van der Waals surface area contributed by atoms with Gasteiger partial charge in [0.05, 0.1) is 5.56 Å². The zero-order chi connectivity index (χ0) is 15.6. The molecule has 0 aliphatic carbocycles. The SMILES string of the molecule is CN(C)C(=O)C1CNCCN1C(=O)c1ccc(Br)cc1Br. The number of hydrogen-bond acceptors (Lipinski definition) is 3. The molecule has 21 heavy (non-hydrogen) atoms. The summed E-state index contributed by atoms with van der Waals surface area (Å²) in [7, 11) is 3.41. The van der Waals surface area contributed by atoms with Gasteiger partial charge in [-0.05, 0) is 34.1 Å². The number of rotatable bonds is 2. The molecule has 1 aromatic rings. The Hall–Kier alpha value is -0.920. The van der Waals surface area contributed by atoms with E-state index in [-0.39, 0.29) is 11.8 Å². The first-order chi connectivity index (χ1) is 9.91. The van der Waals surface area contributed by atoms with Crippen LogP contribution in [0.5, 0.6) is 0 Å². The fourth-order valence-electron chi connectivity index (χ4n) is 2.28. The smallest absolute Gasteiger partial charge is 0.255 e. The summed E-state index contributed by atoms with van der Waals surface area (Å²) in [5.41, 5.74) is 0.566. The summed E-state index contributed by atoms with van der Waals surface area (Å²) in [6.45, 7) is 1.69. The van der Waals surface area contributed by atoms with E-state index in [1.807, 2.05) is 12.1 Å². The highest BCUT2D eigenvalue weighted by molar-refractivity contribution is 9.11. The molecule has 0 spiro atoms. The lowest BCUT2D eigenvalue weighted by molar-refractivity contribution is -0.134. The molecule has 2 amide bonds. The van der Waals surface area contributed by atoms with Crippen LogP contribution in [0.15, 0.2) is 27.1 Å². The Balaban J connectivity index is 2.28. The molecule has 1 aliphatic heterocycles. The maximum Gasteiger partial charge on any atom is 0.255 e. The fraction of sp³-hybridized carbons (Fsp3) is 0.429. The molecule has 1 unspecified atom stereocenters. The number of hydrogen-bond donors (Lipinski definition) is 1. The largest absolute Gasteiger partial charge is 0.347 e. The molecule has 1 aliphatic rings. The lowest BCUT2D eigenvalue weighted by Crippen LogP contribution is -2.59. The second-order valence-electron chi connectivity index (χ2n) is 5.08. The van der Waals surface area contributed by atoms with Crippen molar-refractivity contribution < 1.29 is 9.59 Å². The standard InChI is InChI=1S/C14H17Br2N3O2/c1-18(2)14(21)12-8-17-5-6-19(12)13(20)10-4-3-9(15)7-11(10)16/h3-4,7,12,17H,5-6,8H2,1-2H3. The molecule has 0 aromatic heterocycles. The quantitative estimate of drug-likeness (QED) is 0.795. The second kappa shape index (κ2) is 6.89. The normalized spacial score (nSPS) is 18.5. The van der Waals surface area contributed by atoms with Crippen molar-refractivity contribution in [2.75, 3.05) is 33.7 Å². The zero-order valence-electron chi connectivity index (χ0n) is 11.9. The number of carbonyl (C=O) groups excluding carboxylic acids is 2. The van der Waals surface area contributed by atoms with Crippen LogP contribution in [-0.4, -0.2) is 61.4 Å². The summed E-state index contributed by atoms with van der Waals surface area (Å²) in [6, 6.07) is 4.95. The molecule has 5 nitrogen and oxygen atoms in total. The molecule has 0 bridgehead atoms. The van der Waals surface area contributed by atoms with Gasteiger partial charge in [-0.1, -0.05) is 15.9 Å². The Labute approximate surface area is 140 Å². The van der Waals surface area contributed by atoms with E-state index in [4.69, 9.17) is 0 Å². The molecule has 1 fully saturated rings. The average Bonchev–Trinajstić information content (AvgIpc) is 2.45. The number of piperazine rings is 1. The topological polar surface area (TPSA) is 52.7 Å². The molecule has 114 valence electrons. The molecule has 0 radical (unpaired) electrons. The number of nitrogens with zero attached hydrogens (tertiary/aromatic N) is 2. The van der Waals surface area contributed by atoms with Crippen molar-refractivity contribution in [3.05, 3.63) is 32.7 Å². The predicted molar refractivity (Wildman–Crippen MR) is 88.2 cm³/mol. The molecular weight excluding hydrogens is 402 g/mol. The van der Waals surface area contributed by atoms with Gasteiger partial charge < -0.3 is 15.1 Å². The summed E-state index contributed by atoms with van der Waals surface area (Å²) in [6.07, 6.45) is 0.